The van der Waals surface area contributed by atoms with Gasteiger partial charge in [-0.1, -0.05) is 13.8 Å². The van der Waals surface area contributed by atoms with Gasteiger partial charge in [-0.05, 0) is 25.7 Å². The van der Waals surface area contributed by atoms with Crippen LogP contribution in [-0.4, -0.2) is 30.9 Å². The minimum Gasteiger partial charge on any atom is -0.354 e. The fourth-order valence-corrected chi connectivity index (χ4v) is 1.23. The summed E-state index contributed by atoms with van der Waals surface area (Å²) in [5, 5.41) is 5.33. The van der Waals surface area contributed by atoms with E-state index in [0.29, 0.717) is 18.9 Å². The molecule has 0 aromatic heterocycles. The molecule has 0 spiro atoms. The fraction of sp³-hybridized carbons (Fsp3) is 0.833. The van der Waals surface area contributed by atoms with Gasteiger partial charge in [0, 0.05) is 19.0 Å². The third-order valence-electron chi connectivity index (χ3n) is 2.22. The molecule has 0 aromatic rings. The third-order valence-corrected chi connectivity index (χ3v) is 2.22. The predicted octanol–water partition coefficient (Wildman–Crippen LogP) is 0.392. The van der Waals surface area contributed by atoms with Crippen molar-refractivity contribution < 1.29 is 9.59 Å². The van der Waals surface area contributed by atoms with Gasteiger partial charge in [0.05, 0.1) is 6.54 Å². The highest BCUT2D eigenvalue weighted by molar-refractivity contribution is 5.84. The monoisotopic (exact) mass is 243 g/mol. The highest BCUT2D eigenvalue weighted by Crippen LogP contribution is 1.97. The summed E-state index contributed by atoms with van der Waals surface area (Å²) in [7, 11) is 0. The minimum atomic E-state index is -0.140. The number of amides is 2. The number of nitrogens with one attached hydrogen (secondary N) is 2. The molecule has 0 saturated heterocycles. The van der Waals surface area contributed by atoms with Gasteiger partial charge < -0.3 is 16.4 Å². The lowest BCUT2D eigenvalue weighted by Gasteiger charge is -2.09. The molecule has 0 aliphatic rings. The molecule has 1 unspecified atom stereocenters. The van der Waals surface area contributed by atoms with Crippen molar-refractivity contribution in [3.63, 3.8) is 0 Å². The van der Waals surface area contributed by atoms with E-state index >= 15 is 0 Å². The van der Waals surface area contributed by atoms with Gasteiger partial charge in [-0.25, -0.2) is 0 Å². The largest absolute Gasteiger partial charge is 0.354 e. The van der Waals surface area contributed by atoms with Gasteiger partial charge in [-0.2, -0.15) is 0 Å². The lowest BCUT2D eigenvalue weighted by Crippen LogP contribution is -2.38. The third kappa shape index (κ3) is 11.2. The SMILES string of the molecule is CC(C)CNC(=O)CNC(=O)CCCC(C)N. The maximum Gasteiger partial charge on any atom is 0.239 e. The zero-order valence-corrected chi connectivity index (χ0v) is 11.1. The number of carbonyl (C=O) groups is 2. The van der Waals surface area contributed by atoms with E-state index in [9.17, 15) is 9.59 Å². The Kier molecular flexibility index (Phi) is 8.40. The van der Waals surface area contributed by atoms with Crippen molar-refractivity contribution in [1.29, 1.82) is 0 Å². The Morgan fingerprint density at radius 1 is 1.12 bits per heavy atom. The molecule has 0 aliphatic heterocycles. The molecule has 0 radical (unpaired) electrons. The summed E-state index contributed by atoms with van der Waals surface area (Å²) in [5.41, 5.74) is 5.57. The van der Waals surface area contributed by atoms with Crippen molar-refractivity contribution in [1.82, 2.24) is 10.6 Å². The van der Waals surface area contributed by atoms with Crippen LogP contribution in [0.4, 0.5) is 0 Å². The van der Waals surface area contributed by atoms with Crippen LogP contribution in [0, 0.1) is 5.92 Å². The molecule has 5 nitrogen and oxygen atoms in total. The van der Waals surface area contributed by atoms with Crippen LogP contribution in [0.25, 0.3) is 0 Å². The quantitative estimate of drug-likeness (QED) is 0.576. The normalized spacial score (nSPS) is 12.3. The van der Waals surface area contributed by atoms with Crippen molar-refractivity contribution in [2.24, 2.45) is 11.7 Å². The van der Waals surface area contributed by atoms with Crippen molar-refractivity contribution in [3.05, 3.63) is 0 Å². The Morgan fingerprint density at radius 3 is 2.29 bits per heavy atom. The van der Waals surface area contributed by atoms with Crippen molar-refractivity contribution in [2.45, 2.75) is 46.1 Å². The standard InChI is InChI=1S/C12H25N3O2/c1-9(2)7-14-12(17)8-15-11(16)6-4-5-10(3)13/h9-10H,4-8,13H2,1-3H3,(H,14,17)(H,15,16). The molecule has 5 heteroatoms. The van der Waals surface area contributed by atoms with Crippen LogP contribution in [0.15, 0.2) is 0 Å². The van der Waals surface area contributed by atoms with Crippen molar-refractivity contribution >= 4 is 11.8 Å². The van der Waals surface area contributed by atoms with Crippen LogP contribution in [-0.2, 0) is 9.59 Å². The van der Waals surface area contributed by atoms with Crippen molar-refractivity contribution in [3.8, 4) is 0 Å². The van der Waals surface area contributed by atoms with E-state index in [1.165, 1.54) is 0 Å². The van der Waals surface area contributed by atoms with Gasteiger partial charge in [-0.15, -0.1) is 0 Å². The maximum atomic E-state index is 11.3. The fourth-order valence-electron chi connectivity index (χ4n) is 1.23. The van der Waals surface area contributed by atoms with Gasteiger partial charge in [0.1, 0.15) is 0 Å². The number of rotatable bonds is 8. The summed E-state index contributed by atoms with van der Waals surface area (Å²) in [4.78, 5) is 22.6. The van der Waals surface area contributed by atoms with Crippen LogP contribution in [0.5, 0.6) is 0 Å². The van der Waals surface area contributed by atoms with E-state index in [1.807, 2.05) is 20.8 Å². The van der Waals surface area contributed by atoms with Crippen LogP contribution >= 0.6 is 0 Å². The van der Waals surface area contributed by atoms with Crippen LogP contribution in [0.1, 0.15) is 40.0 Å². The summed E-state index contributed by atoms with van der Waals surface area (Å²) in [6, 6.07) is 0.122. The molecule has 0 fully saturated rings. The topological polar surface area (TPSA) is 84.2 Å². The second-order valence-corrected chi connectivity index (χ2v) is 4.84. The Bertz CT molecular complexity index is 240. The molecule has 2 amide bonds. The zero-order valence-electron chi connectivity index (χ0n) is 11.1. The average Bonchev–Trinajstić information content (AvgIpc) is 2.23. The molecule has 0 aliphatic carbocycles. The molecule has 17 heavy (non-hydrogen) atoms. The highest BCUT2D eigenvalue weighted by Gasteiger charge is 2.06. The molecule has 0 heterocycles. The second-order valence-electron chi connectivity index (χ2n) is 4.84. The zero-order chi connectivity index (χ0) is 13.3. The highest BCUT2D eigenvalue weighted by atomic mass is 16.2. The predicted molar refractivity (Wildman–Crippen MR) is 68.4 cm³/mol. The first-order chi connectivity index (χ1) is 7.91. The van der Waals surface area contributed by atoms with Crippen LogP contribution < -0.4 is 16.4 Å². The number of nitrogens with two attached hydrogens (primary N) is 1. The van der Waals surface area contributed by atoms with E-state index in [4.69, 9.17) is 5.73 Å². The van der Waals surface area contributed by atoms with Gasteiger partial charge >= 0.3 is 0 Å². The minimum absolute atomic E-state index is 0.0593. The smallest absolute Gasteiger partial charge is 0.239 e. The van der Waals surface area contributed by atoms with Crippen molar-refractivity contribution in [2.75, 3.05) is 13.1 Å². The molecule has 100 valence electrons. The maximum absolute atomic E-state index is 11.3. The van der Waals surface area contributed by atoms with E-state index in [-0.39, 0.29) is 24.4 Å². The van der Waals surface area contributed by atoms with E-state index in [2.05, 4.69) is 10.6 Å². The Balaban J connectivity index is 3.52. The Labute approximate surface area is 104 Å². The molecular weight excluding hydrogens is 218 g/mol. The summed E-state index contributed by atoms with van der Waals surface area (Å²) in [5.74, 6) is 0.185. The van der Waals surface area contributed by atoms with E-state index in [0.717, 1.165) is 12.8 Å². The Hall–Kier alpha value is -1.10. The number of carbonyl (C=O) groups excluding carboxylic acids is 2. The van der Waals surface area contributed by atoms with Gasteiger partial charge in [0.2, 0.25) is 11.8 Å². The lowest BCUT2D eigenvalue weighted by molar-refractivity contribution is -0.126. The summed E-state index contributed by atoms with van der Waals surface area (Å²) in [6.45, 7) is 6.65. The molecule has 0 rings (SSSR count). The molecular formula is C12H25N3O2. The summed E-state index contributed by atoms with van der Waals surface area (Å²) >= 11 is 0. The Morgan fingerprint density at radius 2 is 1.76 bits per heavy atom. The van der Waals surface area contributed by atoms with Gasteiger partial charge in [-0.3, -0.25) is 9.59 Å². The number of hydrogen-bond donors (Lipinski definition) is 3. The second kappa shape index (κ2) is 8.98. The molecule has 0 saturated carbocycles. The average molecular weight is 243 g/mol. The molecule has 1 atom stereocenters. The first-order valence-corrected chi connectivity index (χ1v) is 6.20. The molecule has 0 bridgehead atoms. The van der Waals surface area contributed by atoms with Crippen LogP contribution in [0.3, 0.4) is 0 Å². The first-order valence-electron chi connectivity index (χ1n) is 6.20. The lowest BCUT2D eigenvalue weighted by atomic mass is 10.1. The van der Waals surface area contributed by atoms with E-state index in [1.54, 1.807) is 0 Å². The van der Waals surface area contributed by atoms with E-state index < -0.39 is 0 Å². The van der Waals surface area contributed by atoms with Gasteiger partial charge in [0.25, 0.3) is 0 Å². The summed E-state index contributed by atoms with van der Waals surface area (Å²) in [6.07, 6.45) is 2.02. The van der Waals surface area contributed by atoms with Crippen LogP contribution in [0.2, 0.25) is 0 Å². The molecule has 4 N–H and O–H groups in total. The summed E-state index contributed by atoms with van der Waals surface area (Å²) < 4.78 is 0. The first kappa shape index (κ1) is 15.9. The number of hydrogen-bond acceptors (Lipinski definition) is 3. The van der Waals surface area contributed by atoms with Gasteiger partial charge in [0.15, 0.2) is 0 Å². The molecule has 0 aromatic carbocycles.